The maximum absolute atomic E-state index is 4.80. The van der Waals surface area contributed by atoms with Crippen LogP contribution in [0.5, 0.6) is 0 Å². The third-order valence-electron chi connectivity index (χ3n) is 3.33. The van der Waals surface area contributed by atoms with Gasteiger partial charge in [-0.25, -0.2) is 4.98 Å². The van der Waals surface area contributed by atoms with Crippen LogP contribution in [-0.4, -0.2) is 12.0 Å². The Kier molecular flexibility index (Phi) is 5.20. The Balaban J connectivity index is 2.19. The third-order valence-corrected chi connectivity index (χ3v) is 5.18. The molecule has 0 aliphatic heterocycles. The first kappa shape index (κ1) is 15.9. The maximum atomic E-state index is 4.80. The highest BCUT2D eigenvalue weighted by Crippen LogP contribution is 2.28. The minimum absolute atomic E-state index is 0.130. The molecule has 20 heavy (non-hydrogen) atoms. The molecule has 1 atom stereocenters. The summed E-state index contributed by atoms with van der Waals surface area (Å²) in [5.74, 6) is 0. The van der Waals surface area contributed by atoms with Gasteiger partial charge in [0.1, 0.15) is 0 Å². The van der Waals surface area contributed by atoms with Crippen molar-refractivity contribution in [1.82, 2.24) is 10.3 Å². The molecule has 1 N–H and O–H groups in total. The number of likely N-dealkylation sites (N-methyl/N-ethyl adjacent to an activating group) is 1. The van der Waals surface area contributed by atoms with Crippen LogP contribution in [0.15, 0.2) is 29.6 Å². The van der Waals surface area contributed by atoms with Crippen molar-refractivity contribution >= 4 is 33.9 Å². The molecule has 1 aromatic heterocycles. The standard InChI is InChI=1S/C16H21IN2S/c1-16(2,3)14-10-20-15(19-14)9-13(18-4)11-7-5-6-8-12(11)17/h5-8,10,13,18H,9H2,1-4H3. The molecule has 1 unspecified atom stereocenters. The summed E-state index contributed by atoms with van der Waals surface area (Å²) in [4.78, 5) is 4.80. The number of rotatable bonds is 4. The summed E-state index contributed by atoms with van der Waals surface area (Å²) in [6.07, 6.45) is 0.942. The number of hydrogen-bond acceptors (Lipinski definition) is 3. The lowest BCUT2D eigenvalue weighted by Crippen LogP contribution is -2.20. The predicted octanol–water partition coefficient (Wildman–Crippen LogP) is 4.55. The van der Waals surface area contributed by atoms with Gasteiger partial charge in [0.05, 0.1) is 10.7 Å². The lowest BCUT2D eigenvalue weighted by molar-refractivity contribution is 0.559. The molecule has 2 rings (SSSR count). The second-order valence-electron chi connectivity index (χ2n) is 5.94. The molecule has 0 amide bonds. The van der Waals surface area contributed by atoms with E-state index in [4.69, 9.17) is 4.98 Å². The van der Waals surface area contributed by atoms with Crippen molar-refractivity contribution in [3.63, 3.8) is 0 Å². The fourth-order valence-electron chi connectivity index (χ4n) is 2.05. The van der Waals surface area contributed by atoms with Crippen molar-refractivity contribution in [2.45, 2.75) is 38.6 Å². The molecule has 0 radical (unpaired) electrons. The quantitative estimate of drug-likeness (QED) is 0.762. The maximum Gasteiger partial charge on any atom is 0.0947 e. The summed E-state index contributed by atoms with van der Waals surface area (Å²) in [5.41, 5.74) is 2.67. The molecule has 1 aromatic carbocycles. The van der Waals surface area contributed by atoms with Crippen LogP contribution in [-0.2, 0) is 11.8 Å². The van der Waals surface area contributed by atoms with Gasteiger partial charge in [-0.3, -0.25) is 0 Å². The van der Waals surface area contributed by atoms with Crippen LogP contribution in [0, 0.1) is 3.57 Å². The molecule has 4 heteroatoms. The first-order valence-electron chi connectivity index (χ1n) is 6.78. The van der Waals surface area contributed by atoms with Gasteiger partial charge < -0.3 is 5.32 Å². The topological polar surface area (TPSA) is 24.9 Å². The SMILES string of the molecule is CNC(Cc1nc(C(C)(C)C)cs1)c1ccccc1I. The van der Waals surface area contributed by atoms with Crippen molar-refractivity contribution in [2.75, 3.05) is 7.05 Å². The van der Waals surface area contributed by atoms with Crippen LogP contribution in [0.2, 0.25) is 0 Å². The first-order valence-corrected chi connectivity index (χ1v) is 8.74. The molecule has 1 heterocycles. The van der Waals surface area contributed by atoms with Crippen LogP contribution in [0.1, 0.15) is 43.1 Å². The largest absolute Gasteiger partial charge is 0.313 e. The van der Waals surface area contributed by atoms with Crippen molar-refractivity contribution in [2.24, 2.45) is 0 Å². The third kappa shape index (κ3) is 3.80. The summed E-state index contributed by atoms with van der Waals surface area (Å²) in [6.45, 7) is 6.63. The molecule has 0 fully saturated rings. The van der Waals surface area contributed by atoms with E-state index in [1.807, 2.05) is 7.05 Å². The summed E-state index contributed by atoms with van der Waals surface area (Å²) in [6, 6.07) is 8.86. The molecule has 2 nitrogen and oxygen atoms in total. The van der Waals surface area contributed by atoms with Crippen molar-refractivity contribution < 1.29 is 0 Å². The normalized spacial score (nSPS) is 13.4. The van der Waals surface area contributed by atoms with Gasteiger partial charge >= 0.3 is 0 Å². The number of thiazole rings is 1. The van der Waals surface area contributed by atoms with E-state index < -0.39 is 0 Å². The highest BCUT2D eigenvalue weighted by molar-refractivity contribution is 14.1. The fraction of sp³-hybridized carbons (Fsp3) is 0.438. The summed E-state index contributed by atoms with van der Waals surface area (Å²) in [5, 5.41) is 6.81. The summed E-state index contributed by atoms with van der Waals surface area (Å²) in [7, 11) is 2.02. The zero-order valence-electron chi connectivity index (χ0n) is 12.4. The molecule has 0 spiro atoms. The zero-order valence-corrected chi connectivity index (χ0v) is 15.4. The van der Waals surface area contributed by atoms with Crippen LogP contribution in [0.25, 0.3) is 0 Å². The second kappa shape index (κ2) is 6.54. The van der Waals surface area contributed by atoms with E-state index in [-0.39, 0.29) is 5.41 Å². The molecule has 0 bridgehead atoms. The lowest BCUT2D eigenvalue weighted by atomic mass is 9.93. The van der Waals surface area contributed by atoms with Gasteiger partial charge in [0.25, 0.3) is 0 Å². The van der Waals surface area contributed by atoms with Gasteiger partial charge in [-0.1, -0.05) is 39.0 Å². The minimum Gasteiger partial charge on any atom is -0.313 e. The Morgan fingerprint density at radius 2 is 2.00 bits per heavy atom. The van der Waals surface area contributed by atoms with Gasteiger partial charge in [-0.2, -0.15) is 0 Å². The van der Waals surface area contributed by atoms with E-state index in [0.29, 0.717) is 6.04 Å². The molecule has 0 aliphatic carbocycles. The van der Waals surface area contributed by atoms with E-state index in [1.165, 1.54) is 19.8 Å². The Bertz CT molecular complexity index is 572. The zero-order chi connectivity index (χ0) is 14.8. The molecule has 0 saturated carbocycles. The van der Waals surface area contributed by atoms with E-state index in [0.717, 1.165) is 6.42 Å². The second-order valence-corrected chi connectivity index (χ2v) is 8.05. The minimum atomic E-state index is 0.130. The lowest BCUT2D eigenvalue weighted by Gasteiger charge is -2.17. The van der Waals surface area contributed by atoms with E-state index in [9.17, 15) is 0 Å². The van der Waals surface area contributed by atoms with Gasteiger partial charge in [0.15, 0.2) is 0 Å². The molecule has 2 aromatic rings. The summed E-state index contributed by atoms with van der Waals surface area (Å²) >= 11 is 4.17. The van der Waals surface area contributed by atoms with Crippen molar-refractivity contribution in [3.05, 3.63) is 49.5 Å². The monoisotopic (exact) mass is 400 g/mol. The van der Waals surface area contributed by atoms with E-state index in [1.54, 1.807) is 11.3 Å². The average Bonchev–Trinajstić information content (AvgIpc) is 2.85. The fourth-order valence-corrected chi connectivity index (χ4v) is 3.88. The number of halogens is 1. The molecule has 108 valence electrons. The van der Waals surface area contributed by atoms with E-state index >= 15 is 0 Å². The van der Waals surface area contributed by atoms with Crippen molar-refractivity contribution in [3.8, 4) is 0 Å². The van der Waals surface area contributed by atoms with Crippen molar-refractivity contribution in [1.29, 1.82) is 0 Å². The van der Waals surface area contributed by atoms with Crippen LogP contribution in [0.3, 0.4) is 0 Å². The highest BCUT2D eigenvalue weighted by atomic mass is 127. The summed E-state index contributed by atoms with van der Waals surface area (Å²) < 4.78 is 1.30. The highest BCUT2D eigenvalue weighted by Gasteiger charge is 2.19. The predicted molar refractivity (Wildman–Crippen MR) is 95.5 cm³/mol. The Morgan fingerprint density at radius 1 is 1.30 bits per heavy atom. The van der Waals surface area contributed by atoms with Crippen LogP contribution < -0.4 is 5.32 Å². The van der Waals surface area contributed by atoms with Crippen LogP contribution in [0.4, 0.5) is 0 Å². The number of nitrogens with zero attached hydrogens (tertiary/aromatic N) is 1. The van der Waals surface area contributed by atoms with Crippen LogP contribution >= 0.6 is 33.9 Å². The van der Waals surface area contributed by atoms with E-state index in [2.05, 4.69) is 78.3 Å². The molecular formula is C16H21IN2S. The number of hydrogen-bond donors (Lipinski definition) is 1. The van der Waals surface area contributed by atoms with Gasteiger partial charge in [0.2, 0.25) is 0 Å². The number of benzene rings is 1. The molecule has 0 aliphatic rings. The molecular weight excluding hydrogens is 379 g/mol. The number of aromatic nitrogens is 1. The number of nitrogens with one attached hydrogen (secondary N) is 1. The smallest absolute Gasteiger partial charge is 0.0947 e. The van der Waals surface area contributed by atoms with Gasteiger partial charge in [-0.05, 0) is 41.3 Å². The average molecular weight is 400 g/mol. The Hall–Kier alpha value is -0.460. The molecule has 0 saturated heterocycles. The Morgan fingerprint density at radius 3 is 2.55 bits per heavy atom. The van der Waals surface area contributed by atoms with Gasteiger partial charge in [-0.15, -0.1) is 11.3 Å². The Labute approximate surface area is 139 Å². The first-order chi connectivity index (χ1) is 9.41. The van der Waals surface area contributed by atoms with Gasteiger partial charge in [0, 0.05) is 26.8 Å².